The van der Waals surface area contributed by atoms with E-state index in [0.717, 1.165) is 11.3 Å². The maximum absolute atomic E-state index is 12.8. The lowest BCUT2D eigenvalue weighted by Gasteiger charge is -2.27. The molecule has 35 heavy (non-hydrogen) atoms. The minimum Gasteiger partial charge on any atom is -0.461 e. The van der Waals surface area contributed by atoms with Gasteiger partial charge in [0, 0.05) is 31.7 Å². The number of hydrogen-bond acceptors (Lipinski definition) is 8. The quantitative estimate of drug-likeness (QED) is 0.459. The van der Waals surface area contributed by atoms with Crippen molar-refractivity contribution < 1.29 is 28.7 Å². The van der Waals surface area contributed by atoms with Crippen molar-refractivity contribution in [3.8, 4) is 0 Å². The number of carbonyl (C=O) groups excluding carboxylic acids is 4. The molecule has 0 bridgehead atoms. The van der Waals surface area contributed by atoms with E-state index in [9.17, 15) is 19.2 Å². The average molecular weight is 523 g/mol. The molecule has 10 nitrogen and oxygen atoms in total. The monoisotopic (exact) mass is 522 g/mol. The van der Waals surface area contributed by atoms with Crippen LogP contribution in [0.3, 0.4) is 0 Å². The lowest BCUT2D eigenvalue weighted by atomic mass is 10.1. The molecule has 1 fully saturated rings. The molecule has 0 unspecified atom stereocenters. The molecule has 188 valence electrons. The van der Waals surface area contributed by atoms with Crippen molar-refractivity contribution in [2.75, 3.05) is 63.8 Å². The van der Waals surface area contributed by atoms with Gasteiger partial charge in [-0.1, -0.05) is 11.6 Å². The number of morpholine rings is 1. The predicted octanol–water partition coefficient (Wildman–Crippen LogP) is 2.24. The summed E-state index contributed by atoms with van der Waals surface area (Å²) in [6.45, 7) is 1.50. The third kappa shape index (κ3) is 7.76. The van der Waals surface area contributed by atoms with Crippen LogP contribution in [0.2, 0.25) is 4.34 Å². The first-order valence-electron chi connectivity index (χ1n) is 10.9. The summed E-state index contributed by atoms with van der Waals surface area (Å²) < 4.78 is 11.0. The van der Waals surface area contributed by atoms with Crippen molar-refractivity contribution in [3.05, 3.63) is 45.1 Å². The molecular formula is C23H27ClN4O6S. The highest BCUT2D eigenvalue weighted by Gasteiger charge is 2.23. The van der Waals surface area contributed by atoms with Gasteiger partial charge in [-0.2, -0.15) is 0 Å². The first kappa shape index (κ1) is 26.6. The van der Waals surface area contributed by atoms with E-state index in [1.807, 2.05) is 19.0 Å². The standard InChI is InChI=1S/C23H27ClN4O6S/c1-27(2)9-12-34-23(32)16-13-15(28-10-11-33-14-21(28)30)3-4-17(16)26-20(29)7-8-25-22(31)18-5-6-19(24)35-18/h3-6,13H,7-12,14H2,1-2H3,(H,25,31)(H,26,29). The Kier molecular flexibility index (Phi) is 9.61. The summed E-state index contributed by atoms with van der Waals surface area (Å²) >= 11 is 6.99. The molecular weight excluding hydrogens is 496 g/mol. The van der Waals surface area contributed by atoms with Crippen molar-refractivity contribution in [1.29, 1.82) is 0 Å². The van der Waals surface area contributed by atoms with E-state index in [2.05, 4.69) is 10.6 Å². The zero-order valence-electron chi connectivity index (χ0n) is 19.5. The van der Waals surface area contributed by atoms with E-state index < -0.39 is 11.9 Å². The van der Waals surface area contributed by atoms with E-state index in [0.29, 0.717) is 34.6 Å². The number of thiophene rings is 1. The van der Waals surface area contributed by atoms with Gasteiger partial charge in [0.2, 0.25) is 5.91 Å². The summed E-state index contributed by atoms with van der Waals surface area (Å²) in [6, 6.07) is 7.97. The van der Waals surface area contributed by atoms with Crippen LogP contribution in [0.5, 0.6) is 0 Å². The lowest BCUT2D eigenvalue weighted by Crippen LogP contribution is -2.41. The third-order valence-electron chi connectivity index (χ3n) is 5.00. The number of carbonyl (C=O) groups is 4. The fourth-order valence-electron chi connectivity index (χ4n) is 3.19. The van der Waals surface area contributed by atoms with Gasteiger partial charge in [0.15, 0.2) is 0 Å². The average Bonchev–Trinajstić information content (AvgIpc) is 3.26. The minimum atomic E-state index is -0.618. The number of halogens is 1. The number of anilines is 2. The molecule has 1 aliphatic rings. The fraction of sp³-hybridized carbons (Fsp3) is 0.391. The smallest absolute Gasteiger partial charge is 0.340 e. The number of benzene rings is 1. The van der Waals surface area contributed by atoms with E-state index in [-0.39, 0.29) is 49.2 Å². The highest BCUT2D eigenvalue weighted by molar-refractivity contribution is 7.18. The fourth-order valence-corrected chi connectivity index (χ4v) is 4.15. The summed E-state index contributed by atoms with van der Waals surface area (Å²) in [7, 11) is 3.71. The van der Waals surface area contributed by atoms with Gasteiger partial charge in [0.05, 0.1) is 27.1 Å². The molecule has 12 heteroatoms. The first-order valence-corrected chi connectivity index (χ1v) is 12.1. The van der Waals surface area contributed by atoms with E-state index in [1.54, 1.807) is 24.3 Å². The number of likely N-dealkylation sites (N-methyl/N-ethyl adjacent to an activating group) is 1. The highest BCUT2D eigenvalue weighted by Crippen LogP contribution is 2.26. The second-order valence-corrected chi connectivity index (χ2v) is 9.64. The van der Waals surface area contributed by atoms with E-state index in [4.69, 9.17) is 21.1 Å². The summed E-state index contributed by atoms with van der Waals surface area (Å²) in [5.74, 6) is -1.55. The Morgan fingerprint density at radius 3 is 2.71 bits per heavy atom. The molecule has 0 saturated carbocycles. The molecule has 0 aliphatic carbocycles. The summed E-state index contributed by atoms with van der Waals surface area (Å²) in [5, 5.41) is 5.36. The molecule has 1 aliphatic heterocycles. The maximum atomic E-state index is 12.8. The van der Waals surface area contributed by atoms with Crippen molar-refractivity contribution in [3.63, 3.8) is 0 Å². The Hall–Kier alpha value is -2.99. The van der Waals surface area contributed by atoms with Crippen molar-refractivity contribution >= 4 is 58.0 Å². The number of esters is 1. The van der Waals surface area contributed by atoms with Gasteiger partial charge in [-0.3, -0.25) is 14.4 Å². The zero-order chi connectivity index (χ0) is 25.4. The van der Waals surface area contributed by atoms with Crippen LogP contribution in [0.15, 0.2) is 30.3 Å². The Bertz CT molecular complexity index is 1090. The van der Waals surface area contributed by atoms with Crippen LogP contribution < -0.4 is 15.5 Å². The number of hydrogen-bond donors (Lipinski definition) is 2. The third-order valence-corrected chi connectivity index (χ3v) is 6.23. The number of nitrogens with one attached hydrogen (secondary N) is 2. The lowest BCUT2D eigenvalue weighted by molar-refractivity contribution is -0.125. The number of rotatable bonds is 10. The van der Waals surface area contributed by atoms with Crippen LogP contribution in [0.25, 0.3) is 0 Å². The van der Waals surface area contributed by atoms with Crippen LogP contribution in [0.4, 0.5) is 11.4 Å². The topological polar surface area (TPSA) is 117 Å². The zero-order valence-corrected chi connectivity index (χ0v) is 21.0. The number of nitrogens with zero attached hydrogens (tertiary/aromatic N) is 2. The molecule has 0 radical (unpaired) electrons. The van der Waals surface area contributed by atoms with Gasteiger partial charge in [0.1, 0.15) is 13.2 Å². The maximum Gasteiger partial charge on any atom is 0.340 e. The van der Waals surface area contributed by atoms with Gasteiger partial charge in [0.25, 0.3) is 11.8 Å². The molecule has 2 aromatic rings. The predicted molar refractivity (Wildman–Crippen MR) is 133 cm³/mol. The van der Waals surface area contributed by atoms with Crippen LogP contribution in [-0.4, -0.2) is 82.1 Å². The molecule has 2 heterocycles. The normalized spacial score (nSPS) is 13.6. The summed E-state index contributed by atoms with van der Waals surface area (Å²) in [6.07, 6.45) is -0.0103. The molecule has 1 saturated heterocycles. The summed E-state index contributed by atoms with van der Waals surface area (Å²) in [4.78, 5) is 53.5. The molecule has 2 N–H and O–H groups in total. The molecule has 0 spiro atoms. The van der Waals surface area contributed by atoms with Crippen molar-refractivity contribution in [1.82, 2.24) is 10.2 Å². The van der Waals surface area contributed by atoms with Gasteiger partial charge < -0.3 is 29.9 Å². The number of ether oxygens (including phenoxy) is 2. The second-order valence-electron chi connectivity index (χ2n) is 7.92. The van der Waals surface area contributed by atoms with Crippen LogP contribution >= 0.6 is 22.9 Å². The Morgan fingerprint density at radius 2 is 2.03 bits per heavy atom. The number of amides is 3. The first-order chi connectivity index (χ1) is 16.7. The van der Waals surface area contributed by atoms with Crippen molar-refractivity contribution in [2.24, 2.45) is 0 Å². The molecule has 1 aromatic carbocycles. The second kappa shape index (κ2) is 12.6. The van der Waals surface area contributed by atoms with Crippen LogP contribution in [0.1, 0.15) is 26.5 Å². The molecule has 3 amide bonds. The summed E-state index contributed by atoms with van der Waals surface area (Å²) in [5.41, 5.74) is 0.898. The Balaban J connectivity index is 1.67. The minimum absolute atomic E-state index is 0.0103. The van der Waals surface area contributed by atoms with Crippen LogP contribution in [-0.2, 0) is 19.1 Å². The van der Waals surface area contributed by atoms with E-state index in [1.165, 1.54) is 11.0 Å². The largest absolute Gasteiger partial charge is 0.461 e. The van der Waals surface area contributed by atoms with Crippen LogP contribution in [0, 0.1) is 0 Å². The highest BCUT2D eigenvalue weighted by atomic mass is 35.5. The molecule has 0 atom stereocenters. The van der Waals surface area contributed by atoms with Gasteiger partial charge in [-0.05, 0) is 44.4 Å². The van der Waals surface area contributed by atoms with Crippen molar-refractivity contribution in [2.45, 2.75) is 6.42 Å². The van der Waals surface area contributed by atoms with Gasteiger partial charge in [-0.25, -0.2) is 4.79 Å². The Morgan fingerprint density at radius 1 is 1.23 bits per heavy atom. The molecule has 1 aromatic heterocycles. The van der Waals surface area contributed by atoms with E-state index >= 15 is 0 Å². The van der Waals surface area contributed by atoms with Gasteiger partial charge in [-0.15, -0.1) is 11.3 Å². The Labute approximate surface area is 212 Å². The SMILES string of the molecule is CN(C)CCOC(=O)c1cc(N2CCOCC2=O)ccc1NC(=O)CCNC(=O)c1ccc(Cl)s1. The van der Waals surface area contributed by atoms with Gasteiger partial charge >= 0.3 is 5.97 Å². The molecule has 3 rings (SSSR count).